The van der Waals surface area contributed by atoms with Crippen molar-refractivity contribution in [1.29, 1.82) is 0 Å². The zero-order chi connectivity index (χ0) is 20.4. The second-order valence-corrected chi connectivity index (χ2v) is 8.44. The van der Waals surface area contributed by atoms with Crippen LogP contribution < -0.4 is 11.1 Å². The van der Waals surface area contributed by atoms with Gasteiger partial charge in [0.1, 0.15) is 6.04 Å². The average molecular weight is 399 g/mol. The van der Waals surface area contributed by atoms with Crippen molar-refractivity contribution in [3.63, 3.8) is 0 Å². The zero-order valence-electron chi connectivity index (χ0n) is 16.9. The number of nitrogens with zero attached hydrogens (tertiary/aromatic N) is 2. The van der Waals surface area contributed by atoms with Gasteiger partial charge in [0.05, 0.1) is 0 Å². The fraction of sp³-hybridized carbons (Fsp3) is 0.591. The van der Waals surface area contributed by atoms with Gasteiger partial charge in [0.25, 0.3) is 5.91 Å². The number of nitrogens with one attached hydrogen (secondary N) is 1. The number of nitrogens with two attached hydrogens (primary N) is 1. The molecule has 4 rings (SSSR count). The fourth-order valence-electron chi connectivity index (χ4n) is 4.88. The summed E-state index contributed by atoms with van der Waals surface area (Å²) in [7, 11) is 0. The molecule has 1 aromatic rings. The molecule has 3 aliphatic heterocycles. The first-order chi connectivity index (χ1) is 14.1. The van der Waals surface area contributed by atoms with Crippen LogP contribution in [0, 0.1) is 0 Å². The lowest BCUT2D eigenvalue weighted by Crippen LogP contribution is -2.52. The number of rotatable bonds is 6. The molecule has 7 heteroatoms. The Bertz CT molecular complexity index is 809. The van der Waals surface area contributed by atoms with E-state index in [-0.39, 0.29) is 24.1 Å². The molecule has 156 valence electrons. The lowest BCUT2D eigenvalue weighted by atomic mass is 9.96. The Labute approximate surface area is 171 Å². The van der Waals surface area contributed by atoms with Crippen LogP contribution in [-0.4, -0.2) is 52.7 Å². The summed E-state index contributed by atoms with van der Waals surface area (Å²) in [6, 6.07) is 6.13. The standard InChI is InChI=1S/C22H30N4O3/c23-10-3-5-17-4-1-2-11-25(17)13-15-6-7-16-14-26(22(29)18(16)12-15)19-8-9-20(27)24-21(19)28/h6-7,12,17,19H,1-5,8-11,13-14,23H2,(H,24,27,28). The summed E-state index contributed by atoms with van der Waals surface area (Å²) >= 11 is 0. The molecule has 0 aliphatic carbocycles. The summed E-state index contributed by atoms with van der Waals surface area (Å²) in [5, 5.41) is 2.35. The number of carbonyl (C=O) groups excluding carboxylic acids is 3. The summed E-state index contributed by atoms with van der Waals surface area (Å²) in [6.07, 6.45) is 6.55. The number of likely N-dealkylation sites (tertiary alicyclic amines) is 1. The maximum absolute atomic E-state index is 13.0. The molecule has 0 spiro atoms. The van der Waals surface area contributed by atoms with E-state index in [0.29, 0.717) is 24.6 Å². The van der Waals surface area contributed by atoms with Gasteiger partial charge < -0.3 is 10.6 Å². The molecule has 3 aliphatic rings. The third-order valence-corrected chi connectivity index (χ3v) is 6.47. The Morgan fingerprint density at radius 3 is 2.79 bits per heavy atom. The molecule has 2 saturated heterocycles. The third kappa shape index (κ3) is 4.21. The molecule has 3 N–H and O–H groups in total. The van der Waals surface area contributed by atoms with E-state index in [1.165, 1.54) is 19.3 Å². The minimum atomic E-state index is -0.557. The highest BCUT2D eigenvalue weighted by molar-refractivity contribution is 6.05. The predicted molar refractivity (Wildman–Crippen MR) is 109 cm³/mol. The van der Waals surface area contributed by atoms with Crippen LogP contribution in [-0.2, 0) is 22.7 Å². The molecule has 2 fully saturated rings. The van der Waals surface area contributed by atoms with E-state index >= 15 is 0 Å². The maximum Gasteiger partial charge on any atom is 0.255 e. The Kier molecular flexibility index (Phi) is 5.96. The number of carbonyl (C=O) groups is 3. The Morgan fingerprint density at radius 1 is 1.14 bits per heavy atom. The van der Waals surface area contributed by atoms with Gasteiger partial charge in [-0.15, -0.1) is 0 Å². The van der Waals surface area contributed by atoms with Gasteiger partial charge in [-0.3, -0.25) is 24.6 Å². The summed E-state index contributed by atoms with van der Waals surface area (Å²) in [5.41, 5.74) is 8.50. The number of hydrogen-bond donors (Lipinski definition) is 2. The molecule has 3 amide bonds. The van der Waals surface area contributed by atoms with Gasteiger partial charge in [-0.2, -0.15) is 0 Å². The highest BCUT2D eigenvalue weighted by atomic mass is 16.2. The molecule has 0 bridgehead atoms. The second-order valence-electron chi connectivity index (χ2n) is 8.44. The minimum absolute atomic E-state index is 0.102. The summed E-state index contributed by atoms with van der Waals surface area (Å²) < 4.78 is 0. The van der Waals surface area contributed by atoms with E-state index in [0.717, 1.165) is 43.6 Å². The zero-order valence-corrected chi connectivity index (χ0v) is 16.9. The molecule has 2 unspecified atom stereocenters. The van der Waals surface area contributed by atoms with Gasteiger partial charge in [-0.1, -0.05) is 18.6 Å². The molecule has 7 nitrogen and oxygen atoms in total. The van der Waals surface area contributed by atoms with Crippen molar-refractivity contribution < 1.29 is 14.4 Å². The number of fused-ring (bicyclic) bond motifs is 1. The summed E-state index contributed by atoms with van der Waals surface area (Å²) in [5.74, 6) is -0.725. The van der Waals surface area contributed by atoms with Crippen LogP contribution in [0.2, 0.25) is 0 Å². The molecular formula is C22H30N4O3. The highest BCUT2D eigenvalue weighted by Crippen LogP contribution is 2.29. The lowest BCUT2D eigenvalue weighted by Gasteiger charge is -2.36. The molecule has 29 heavy (non-hydrogen) atoms. The van der Waals surface area contributed by atoms with Crippen LogP contribution in [0.3, 0.4) is 0 Å². The molecule has 0 saturated carbocycles. The first-order valence-corrected chi connectivity index (χ1v) is 10.8. The van der Waals surface area contributed by atoms with E-state index in [4.69, 9.17) is 5.73 Å². The van der Waals surface area contributed by atoms with Gasteiger partial charge in [0.15, 0.2) is 0 Å². The quantitative estimate of drug-likeness (QED) is 0.709. The lowest BCUT2D eigenvalue weighted by molar-refractivity contribution is -0.136. The Hall–Kier alpha value is -2.25. The van der Waals surface area contributed by atoms with E-state index < -0.39 is 6.04 Å². The number of amides is 3. The normalized spacial score (nSPS) is 25.3. The van der Waals surface area contributed by atoms with Gasteiger partial charge in [0.2, 0.25) is 11.8 Å². The van der Waals surface area contributed by atoms with Crippen molar-refractivity contribution >= 4 is 17.7 Å². The molecule has 3 heterocycles. The van der Waals surface area contributed by atoms with E-state index in [1.54, 1.807) is 4.90 Å². The number of hydrogen-bond acceptors (Lipinski definition) is 5. The van der Waals surface area contributed by atoms with E-state index in [9.17, 15) is 14.4 Å². The van der Waals surface area contributed by atoms with Crippen molar-refractivity contribution in [2.45, 2.75) is 70.1 Å². The maximum atomic E-state index is 13.0. The van der Waals surface area contributed by atoms with E-state index in [2.05, 4.69) is 16.3 Å². The molecule has 0 aromatic heterocycles. The van der Waals surface area contributed by atoms with Crippen molar-refractivity contribution in [3.05, 3.63) is 34.9 Å². The second kappa shape index (κ2) is 8.63. The molecule has 0 radical (unpaired) electrons. The van der Waals surface area contributed by atoms with Crippen molar-refractivity contribution in [3.8, 4) is 0 Å². The minimum Gasteiger partial charge on any atom is -0.330 e. The number of imide groups is 1. The van der Waals surface area contributed by atoms with Gasteiger partial charge in [-0.05, 0) is 62.4 Å². The topological polar surface area (TPSA) is 95.7 Å². The molecular weight excluding hydrogens is 368 g/mol. The van der Waals surface area contributed by atoms with Crippen molar-refractivity contribution in [2.24, 2.45) is 5.73 Å². The first-order valence-electron chi connectivity index (χ1n) is 10.8. The first kappa shape index (κ1) is 20.0. The highest BCUT2D eigenvalue weighted by Gasteiger charge is 2.39. The van der Waals surface area contributed by atoms with Crippen LogP contribution in [0.4, 0.5) is 0 Å². The van der Waals surface area contributed by atoms with Crippen LogP contribution in [0.15, 0.2) is 18.2 Å². The Morgan fingerprint density at radius 2 is 2.00 bits per heavy atom. The number of benzene rings is 1. The largest absolute Gasteiger partial charge is 0.330 e. The monoisotopic (exact) mass is 398 g/mol. The average Bonchev–Trinajstić information content (AvgIpc) is 3.03. The van der Waals surface area contributed by atoms with Crippen molar-refractivity contribution in [2.75, 3.05) is 13.1 Å². The Balaban J connectivity index is 1.46. The van der Waals surface area contributed by atoms with Gasteiger partial charge in [0, 0.05) is 31.1 Å². The third-order valence-electron chi connectivity index (χ3n) is 6.47. The van der Waals surface area contributed by atoms with Gasteiger partial charge >= 0.3 is 0 Å². The fourth-order valence-corrected chi connectivity index (χ4v) is 4.88. The molecule has 1 aromatic carbocycles. The van der Waals surface area contributed by atoms with E-state index in [1.807, 2.05) is 12.1 Å². The predicted octanol–water partition coefficient (Wildman–Crippen LogP) is 1.54. The van der Waals surface area contributed by atoms with Crippen molar-refractivity contribution in [1.82, 2.24) is 15.1 Å². The molecule has 2 atom stereocenters. The number of piperidine rings is 2. The van der Waals surface area contributed by atoms with Crippen LogP contribution in [0.1, 0.15) is 66.4 Å². The van der Waals surface area contributed by atoms with Crippen LogP contribution >= 0.6 is 0 Å². The summed E-state index contributed by atoms with van der Waals surface area (Å²) in [6.45, 7) is 3.09. The summed E-state index contributed by atoms with van der Waals surface area (Å²) in [4.78, 5) is 40.8. The smallest absolute Gasteiger partial charge is 0.255 e. The van der Waals surface area contributed by atoms with Gasteiger partial charge in [-0.25, -0.2) is 0 Å². The van der Waals surface area contributed by atoms with Crippen LogP contribution in [0.5, 0.6) is 0 Å². The van der Waals surface area contributed by atoms with Crippen LogP contribution in [0.25, 0.3) is 0 Å². The SMILES string of the molecule is NCCCC1CCCCN1Cc1ccc2c(c1)C(=O)N(C1CCC(=O)NC1=O)C2.